The third-order valence-electron chi connectivity index (χ3n) is 3.95. The molecule has 2 rings (SSSR count). The highest BCUT2D eigenvalue weighted by atomic mass is 32.1. The molecule has 0 bridgehead atoms. The Labute approximate surface area is 128 Å². The highest BCUT2D eigenvalue weighted by molar-refractivity contribution is 7.18. The van der Waals surface area contributed by atoms with Gasteiger partial charge in [0.15, 0.2) is 10.8 Å². The van der Waals surface area contributed by atoms with Crippen molar-refractivity contribution in [3.05, 3.63) is 21.1 Å². The number of hydrogen-bond donors (Lipinski definition) is 0. The molecule has 1 aliphatic rings. The van der Waals surface area contributed by atoms with E-state index in [0.29, 0.717) is 15.8 Å². The summed E-state index contributed by atoms with van der Waals surface area (Å²) in [6.45, 7) is 4.39. The summed E-state index contributed by atoms with van der Waals surface area (Å²) in [5, 5.41) is 11.8. The van der Waals surface area contributed by atoms with Crippen LogP contribution in [0.2, 0.25) is 0 Å². The van der Waals surface area contributed by atoms with Crippen LogP contribution >= 0.6 is 11.3 Å². The molecule has 1 aliphatic heterocycles. The topological polar surface area (TPSA) is 66.7 Å². The predicted molar refractivity (Wildman–Crippen MR) is 84.5 cm³/mol. The van der Waals surface area contributed by atoms with Crippen molar-refractivity contribution < 1.29 is 9.72 Å². The number of ketones is 1. The average Bonchev–Trinajstić information content (AvgIpc) is 2.87. The Kier molecular flexibility index (Phi) is 4.95. The van der Waals surface area contributed by atoms with Gasteiger partial charge >= 0.3 is 5.69 Å². The molecular weight excluding hydrogens is 290 g/mol. The van der Waals surface area contributed by atoms with Gasteiger partial charge in [-0.05, 0) is 45.8 Å². The van der Waals surface area contributed by atoms with Crippen molar-refractivity contribution in [2.75, 3.05) is 38.6 Å². The summed E-state index contributed by atoms with van der Waals surface area (Å²) < 4.78 is 0. The van der Waals surface area contributed by atoms with Crippen molar-refractivity contribution in [2.45, 2.75) is 19.8 Å². The summed E-state index contributed by atoms with van der Waals surface area (Å²) >= 11 is 1.22. The molecular formula is C14H21N3O3S. The van der Waals surface area contributed by atoms with E-state index in [2.05, 4.69) is 11.9 Å². The van der Waals surface area contributed by atoms with Gasteiger partial charge in [0.1, 0.15) is 0 Å². The van der Waals surface area contributed by atoms with Gasteiger partial charge in [-0.25, -0.2) is 0 Å². The number of carbonyl (C=O) groups excluding carboxylic acids is 1. The molecule has 1 saturated heterocycles. The van der Waals surface area contributed by atoms with Crippen LogP contribution in [-0.4, -0.2) is 49.3 Å². The summed E-state index contributed by atoms with van der Waals surface area (Å²) in [6.07, 6.45) is 2.22. The van der Waals surface area contributed by atoms with E-state index < -0.39 is 4.92 Å². The molecule has 0 atom stereocenters. The fourth-order valence-corrected chi connectivity index (χ4v) is 3.66. The second-order valence-electron chi connectivity index (χ2n) is 5.74. The van der Waals surface area contributed by atoms with Crippen molar-refractivity contribution in [1.29, 1.82) is 0 Å². The van der Waals surface area contributed by atoms with E-state index in [9.17, 15) is 14.9 Å². The Morgan fingerprint density at radius 1 is 1.52 bits per heavy atom. The Bertz CT molecular complexity index is 536. The van der Waals surface area contributed by atoms with Crippen LogP contribution in [0.25, 0.3) is 0 Å². The number of carbonyl (C=O) groups is 1. The Morgan fingerprint density at radius 3 is 2.67 bits per heavy atom. The zero-order chi connectivity index (χ0) is 15.6. The molecule has 0 amide bonds. The highest BCUT2D eigenvalue weighted by Gasteiger charge is 2.26. The van der Waals surface area contributed by atoms with E-state index >= 15 is 0 Å². The number of nitrogens with zero attached hydrogens (tertiary/aromatic N) is 3. The second kappa shape index (κ2) is 6.53. The largest absolute Gasteiger partial charge is 0.361 e. The lowest BCUT2D eigenvalue weighted by atomic mass is 9.97. The quantitative estimate of drug-likeness (QED) is 0.475. The first-order valence-corrected chi connectivity index (χ1v) is 7.89. The monoisotopic (exact) mass is 311 g/mol. The van der Waals surface area contributed by atoms with Gasteiger partial charge in [0.05, 0.1) is 9.80 Å². The first-order valence-electron chi connectivity index (χ1n) is 7.07. The van der Waals surface area contributed by atoms with Crippen LogP contribution in [0.3, 0.4) is 0 Å². The van der Waals surface area contributed by atoms with Gasteiger partial charge in [-0.15, -0.1) is 11.3 Å². The Morgan fingerprint density at radius 2 is 2.14 bits per heavy atom. The van der Waals surface area contributed by atoms with E-state index in [1.807, 2.05) is 11.9 Å². The molecule has 0 N–H and O–H groups in total. The van der Waals surface area contributed by atoms with E-state index in [0.717, 1.165) is 32.5 Å². The number of anilines is 1. The first kappa shape index (κ1) is 15.9. The van der Waals surface area contributed by atoms with Crippen LogP contribution in [0.5, 0.6) is 0 Å². The van der Waals surface area contributed by atoms with E-state index in [1.54, 1.807) is 0 Å². The van der Waals surface area contributed by atoms with Crippen molar-refractivity contribution >= 4 is 27.8 Å². The second-order valence-corrected chi connectivity index (χ2v) is 6.77. The van der Waals surface area contributed by atoms with Gasteiger partial charge < -0.3 is 9.80 Å². The summed E-state index contributed by atoms with van der Waals surface area (Å²) in [6, 6.07) is 1.40. The van der Waals surface area contributed by atoms with Crippen molar-refractivity contribution in [3.63, 3.8) is 0 Å². The molecule has 1 aromatic heterocycles. The van der Waals surface area contributed by atoms with Crippen molar-refractivity contribution in [2.24, 2.45) is 5.92 Å². The summed E-state index contributed by atoms with van der Waals surface area (Å²) in [5.74, 6) is 0.427. The summed E-state index contributed by atoms with van der Waals surface area (Å²) in [5.41, 5.74) is 0.0422. The number of thiophene rings is 1. The zero-order valence-corrected chi connectivity index (χ0v) is 13.5. The number of piperidine rings is 1. The van der Waals surface area contributed by atoms with E-state index in [-0.39, 0.29) is 11.5 Å². The normalized spacial score (nSPS) is 16.9. The van der Waals surface area contributed by atoms with E-state index in [4.69, 9.17) is 0 Å². The van der Waals surface area contributed by atoms with Crippen LogP contribution in [-0.2, 0) is 0 Å². The first-order chi connectivity index (χ1) is 9.88. The molecule has 116 valence electrons. The smallest absolute Gasteiger partial charge is 0.304 e. The minimum atomic E-state index is -0.399. The Balaban J connectivity index is 2.12. The molecule has 0 radical (unpaired) electrons. The summed E-state index contributed by atoms with van der Waals surface area (Å²) in [7, 11) is 3.99. The van der Waals surface area contributed by atoms with Crippen molar-refractivity contribution in [3.8, 4) is 0 Å². The Hall–Kier alpha value is -1.47. The molecule has 0 saturated carbocycles. The maximum absolute atomic E-state index is 11.4. The predicted octanol–water partition coefficient (Wildman–Crippen LogP) is 2.64. The van der Waals surface area contributed by atoms with Crippen LogP contribution in [0.15, 0.2) is 6.07 Å². The standard InChI is InChI=1S/C14H21N3O3S/c1-10(18)13-8-12(17(19)20)14(21-13)16(3)9-11-4-6-15(2)7-5-11/h8,11H,4-7,9H2,1-3H3. The zero-order valence-electron chi connectivity index (χ0n) is 12.7. The minimum Gasteiger partial charge on any atom is -0.361 e. The van der Waals surface area contributed by atoms with Crippen LogP contribution in [0.1, 0.15) is 29.4 Å². The molecule has 21 heavy (non-hydrogen) atoms. The van der Waals surface area contributed by atoms with Gasteiger partial charge in [-0.3, -0.25) is 14.9 Å². The average molecular weight is 311 g/mol. The number of nitro groups is 1. The molecule has 7 heteroatoms. The minimum absolute atomic E-state index is 0.0422. The maximum atomic E-state index is 11.4. The van der Waals surface area contributed by atoms with Gasteiger partial charge in [0.2, 0.25) is 0 Å². The third kappa shape index (κ3) is 3.79. The van der Waals surface area contributed by atoms with Gasteiger partial charge in [-0.2, -0.15) is 0 Å². The van der Waals surface area contributed by atoms with Crippen LogP contribution in [0, 0.1) is 16.0 Å². The fraction of sp³-hybridized carbons (Fsp3) is 0.643. The summed E-state index contributed by atoms with van der Waals surface area (Å²) in [4.78, 5) is 26.9. The lowest BCUT2D eigenvalue weighted by Gasteiger charge is -2.31. The molecule has 0 aliphatic carbocycles. The molecule has 0 aromatic carbocycles. The molecule has 2 heterocycles. The number of hydrogen-bond acceptors (Lipinski definition) is 6. The van der Waals surface area contributed by atoms with Crippen LogP contribution in [0.4, 0.5) is 10.7 Å². The maximum Gasteiger partial charge on any atom is 0.304 e. The number of likely N-dealkylation sites (tertiary alicyclic amines) is 1. The lowest BCUT2D eigenvalue weighted by molar-refractivity contribution is -0.383. The molecule has 1 fully saturated rings. The molecule has 6 nitrogen and oxygen atoms in total. The van der Waals surface area contributed by atoms with Gasteiger partial charge in [0, 0.05) is 19.7 Å². The molecule has 1 aromatic rings. The van der Waals surface area contributed by atoms with Gasteiger partial charge in [0.25, 0.3) is 0 Å². The molecule has 0 unspecified atom stereocenters. The number of rotatable bonds is 5. The fourth-order valence-electron chi connectivity index (χ4n) is 2.66. The lowest BCUT2D eigenvalue weighted by Crippen LogP contribution is -2.35. The third-order valence-corrected chi connectivity index (χ3v) is 5.29. The molecule has 0 spiro atoms. The SMILES string of the molecule is CC(=O)c1cc([N+](=O)[O-])c(N(C)CC2CCN(C)CC2)s1. The van der Waals surface area contributed by atoms with Crippen molar-refractivity contribution in [1.82, 2.24) is 4.90 Å². The van der Waals surface area contributed by atoms with Crippen LogP contribution < -0.4 is 4.90 Å². The van der Waals surface area contributed by atoms with E-state index in [1.165, 1.54) is 24.3 Å². The van der Waals surface area contributed by atoms with Gasteiger partial charge in [-0.1, -0.05) is 0 Å². The highest BCUT2D eigenvalue weighted by Crippen LogP contribution is 2.38. The number of Topliss-reactive ketones (excluding diaryl/α,β-unsaturated/α-hetero) is 1.